The summed E-state index contributed by atoms with van der Waals surface area (Å²) in [5.74, 6) is -16.0. The summed E-state index contributed by atoms with van der Waals surface area (Å²) in [5, 5.41) is -0.935. The van der Waals surface area contributed by atoms with Gasteiger partial charge in [0.2, 0.25) is 46.6 Å². The van der Waals surface area contributed by atoms with Crippen molar-refractivity contribution >= 4 is 35.3 Å². The number of nitrogens with zero attached hydrogens (tertiary/aromatic N) is 1. The van der Waals surface area contributed by atoms with E-state index in [0.717, 1.165) is 4.90 Å². The molecular weight excluding hydrogens is 473 g/mol. The van der Waals surface area contributed by atoms with Crippen molar-refractivity contribution in [2.75, 3.05) is 12.3 Å². The maximum atomic E-state index is 13.6. The number of imide groups is 1. The molecule has 1 saturated heterocycles. The monoisotopic (exact) mass is 493 g/mol. The van der Waals surface area contributed by atoms with E-state index in [1.54, 1.807) is 0 Å². The molecule has 180 valence electrons. The van der Waals surface area contributed by atoms with Crippen molar-refractivity contribution in [3.05, 3.63) is 29.1 Å². The number of thioether (sulfide) groups is 1. The van der Waals surface area contributed by atoms with Gasteiger partial charge in [0.1, 0.15) is 5.78 Å². The van der Waals surface area contributed by atoms with Gasteiger partial charge in [-0.05, 0) is 38.5 Å². The Hall–Kier alpha value is -2.50. The number of halogens is 5. The van der Waals surface area contributed by atoms with E-state index in [-0.39, 0.29) is 30.6 Å². The third-order valence-corrected chi connectivity index (χ3v) is 7.03. The molecule has 1 heterocycles. The number of rotatable bonds is 7. The molecule has 1 aromatic carbocycles. The van der Waals surface area contributed by atoms with E-state index in [4.69, 9.17) is 0 Å². The summed E-state index contributed by atoms with van der Waals surface area (Å²) >= 11 is 0.679. The minimum Gasteiger partial charge on any atom is -0.419 e. The van der Waals surface area contributed by atoms with E-state index >= 15 is 0 Å². The van der Waals surface area contributed by atoms with Gasteiger partial charge >= 0.3 is 5.97 Å². The minimum absolute atomic E-state index is 0.00159. The van der Waals surface area contributed by atoms with Crippen molar-refractivity contribution in [2.24, 2.45) is 11.8 Å². The number of Topliss-reactive ketones (excluding diaryl/α,β-unsaturated/α-hetero) is 1. The van der Waals surface area contributed by atoms with Crippen LogP contribution >= 0.6 is 11.8 Å². The molecule has 1 atom stereocenters. The Bertz CT molecular complexity index is 967. The second-order valence-corrected chi connectivity index (χ2v) is 9.24. The summed E-state index contributed by atoms with van der Waals surface area (Å²) in [6.45, 7) is 1.74. The number of ketones is 1. The maximum absolute atomic E-state index is 13.6. The Balaban J connectivity index is 1.54. The molecule has 1 unspecified atom stereocenters. The molecule has 0 bridgehead atoms. The van der Waals surface area contributed by atoms with E-state index in [1.165, 1.54) is 6.92 Å². The second-order valence-electron chi connectivity index (χ2n) is 8.05. The average Bonchev–Trinajstić information content (AvgIpc) is 3.05. The number of ether oxygens (including phenoxy) is 1. The molecule has 12 heteroatoms. The Morgan fingerprint density at radius 3 is 2.03 bits per heavy atom. The summed E-state index contributed by atoms with van der Waals surface area (Å²) in [6, 6.07) is 0. The first kappa shape index (κ1) is 25.1. The fourth-order valence-corrected chi connectivity index (χ4v) is 4.90. The molecule has 1 saturated carbocycles. The lowest BCUT2D eigenvalue weighted by Gasteiger charge is -2.29. The van der Waals surface area contributed by atoms with Gasteiger partial charge in [-0.1, -0.05) is 0 Å². The van der Waals surface area contributed by atoms with Crippen LogP contribution in [0.3, 0.4) is 0 Å². The van der Waals surface area contributed by atoms with Gasteiger partial charge in [0.25, 0.3) is 0 Å². The quantitative estimate of drug-likeness (QED) is 0.144. The van der Waals surface area contributed by atoms with Gasteiger partial charge in [-0.25, -0.2) is 13.2 Å². The molecule has 6 nitrogen and oxygen atoms in total. The van der Waals surface area contributed by atoms with Crippen molar-refractivity contribution in [2.45, 2.75) is 44.3 Å². The first-order valence-corrected chi connectivity index (χ1v) is 11.2. The number of likely N-dealkylation sites (tertiary alicyclic amines) is 1. The predicted molar refractivity (Wildman–Crippen MR) is 106 cm³/mol. The van der Waals surface area contributed by atoms with E-state index < -0.39 is 63.6 Å². The molecule has 0 radical (unpaired) electrons. The number of carbonyl (C=O) groups is 4. The summed E-state index contributed by atoms with van der Waals surface area (Å²) in [6.07, 6.45) is 2.60. The van der Waals surface area contributed by atoms with Gasteiger partial charge in [0, 0.05) is 18.9 Å². The number of carbonyl (C=O) groups excluding carboxylic acids is 4. The van der Waals surface area contributed by atoms with Gasteiger partial charge in [0.15, 0.2) is 0 Å². The summed E-state index contributed by atoms with van der Waals surface area (Å²) in [5.41, 5.74) is 0. The smallest absolute Gasteiger partial charge is 0.321 e. The zero-order valence-electron chi connectivity index (χ0n) is 17.5. The van der Waals surface area contributed by atoms with Crippen LogP contribution in [0.5, 0.6) is 5.75 Å². The van der Waals surface area contributed by atoms with Crippen LogP contribution in [-0.4, -0.2) is 46.0 Å². The van der Waals surface area contributed by atoms with Gasteiger partial charge in [0.05, 0.1) is 11.0 Å². The number of esters is 1. The molecule has 1 aliphatic heterocycles. The zero-order valence-corrected chi connectivity index (χ0v) is 18.3. The average molecular weight is 493 g/mol. The van der Waals surface area contributed by atoms with Gasteiger partial charge in [-0.15, -0.1) is 11.8 Å². The molecule has 0 N–H and O–H groups in total. The highest BCUT2D eigenvalue weighted by molar-refractivity contribution is 8.01. The van der Waals surface area contributed by atoms with Crippen molar-refractivity contribution in [1.29, 1.82) is 0 Å². The van der Waals surface area contributed by atoms with E-state index in [1.807, 2.05) is 0 Å². The van der Waals surface area contributed by atoms with E-state index in [0.29, 0.717) is 37.4 Å². The van der Waals surface area contributed by atoms with Crippen LogP contribution in [-0.2, 0) is 19.2 Å². The lowest BCUT2D eigenvalue weighted by Crippen LogP contribution is -2.37. The highest BCUT2D eigenvalue weighted by Crippen LogP contribution is 2.33. The molecule has 1 aliphatic carbocycles. The normalized spacial score (nSPS) is 23.2. The topological polar surface area (TPSA) is 80.8 Å². The summed E-state index contributed by atoms with van der Waals surface area (Å²) in [4.78, 5) is 49.3. The molecule has 2 fully saturated rings. The van der Waals surface area contributed by atoms with Gasteiger partial charge < -0.3 is 4.74 Å². The van der Waals surface area contributed by atoms with Crippen LogP contribution in [0.1, 0.15) is 39.0 Å². The van der Waals surface area contributed by atoms with Gasteiger partial charge in [-0.3, -0.25) is 24.1 Å². The maximum Gasteiger partial charge on any atom is 0.321 e. The van der Waals surface area contributed by atoms with E-state index in [2.05, 4.69) is 4.74 Å². The first-order chi connectivity index (χ1) is 15.5. The van der Waals surface area contributed by atoms with Crippen LogP contribution in [0.25, 0.3) is 0 Å². The van der Waals surface area contributed by atoms with Crippen LogP contribution in [0, 0.1) is 40.9 Å². The Morgan fingerprint density at radius 2 is 1.48 bits per heavy atom. The number of amides is 2. The van der Waals surface area contributed by atoms with Crippen molar-refractivity contribution in [3.63, 3.8) is 0 Å². The zero-order chi connectivity index (χ0) is 24.4. The lowest BCUT2D eigenvalue weighted by molar-refractivity contribution is -0.139. The fraction of sp³-hybridized carbons (Fsp3) is 0.524. The largest absolute Gasteiger partial charge is 0.419 e. The molecule has 0 aromatic heterocycles. The highest BCUT2D eigenvalue weighted by Gasteiger charge is 2.41. The number of hydrogen-bond donors (Lipinski definition) is 0. The van der Waals surface area contributed by atoms with Crippen LogP contribution in [0.15, 0.2) is 0 Å². The summed E-state index contributed by atoms with van der Waals surface area (Å²) in [7, 11) is 0. The van der Waals surface area contributed by atoms with Crippen LogP contribution in [0.4, 0.5) is 22.0 Å². The molecule has 2 amide bonds. The van der Waals surface area contributed by atoms with Crippen molar-refractivity contribution in [3.8, 4) is 5.75 Å². The highest BCUT2D eigenvalue weighted by atomic mass is 32.2. The van der Waals surface area contributed by atoms with Crippen molar-refractivity contribution < 1.29 is 45.9 Å². The molecule has 33 heavy (non-hydrogen) atoms. The lowest BCUT2D eigenvalue weighted by atomic mass is 9.80. The van der Waals surface area contributed by atoms with Crippen LogP contribution in [0.2, 0.25) is 0 Å². The second kappa shape index (κ2) is 10.2. The first-order valence-electron chi connectivity index (χ1n) is 10.2. The molecule has 3 rings (SSSR count). The predicted octanol–water partition coefficient (Wildman–Crippen LogP) is 3.54. The molecule has 1 aromatic rings. The third kappa shape index (κ3) is 5.36. The number of benzene rings is 1. The third-order valence-electron chi connectivity index (χ3n) is 5.85. The van der Waals surface area contributed by atoms with Gasteiger partial charge in [-0.2, -0.15) is 8.78 Å². The van der Waals surface area contributed by atoms with Crippen LogP contribution < -0.4 is 4.74 Å². The molecule has 0 spiro atoms. The van der Waals surface area contributed by atoms with Crippen molar-refractivity contribution in [1.82, 2.24) is 4.90 Å². The Kier molecular flexibility index (Phi) is 7.76. The summed E-state index contributed by atoms with van der Waals surface area (Å²) < 4.78 is 71.1. The Labute approximate surface area is 189 Å². The minimum atomic E-state index is -2.39. The molecule has 2 aliphatic rings. The standard InChI is InChI=1S/C21H20F5NO5S/c1-9(28)11-4-2-10(3-5-11)7-27-13(29)6-12(21(27)31)33-8-14(30)32-20-18(25)16(23)15(22)17(24)19(20)26/h10-12H,2-8H2,1H3. The molecular formula is C21H20F5NO5S. The van der Waals surface area contributed by atoms with E-state index in [9.17, 15) is 41.1 Å². The Morgan fingerprint density at radius 1 is 0.939 bits per heavy atom. The fourth-order valence-electron chi connectivity index (χ4n) is 3.97. The number of hydrogen-bond acceptors (Lipinski definition) is 6. The SMILES string of the molecule is CC(=O)C1CCC(CN2C(=O)CC(SCC(=O)Oc3c(F)c(F)c(F)c(F)c3F)C2=O)CC1.